The highest BCUT2D eigenvalue weighted by atomic mass is 15.3. The third-order valence-corrected chi connectivity index (χ3v) is 4.71. The lowest BCUT2D eigenvalue weighted by Gasteiger charge is -2.22. The lowest BCUT2D eigenvalue weighted by molar-refractivity contribution is 0.462. The van der Waals surface area contributed by atoms with Crippen molar-refractivity contribution in [1.82, 2.24) is 19.8 Å². The Bertz CT molecular complexity index is 871. The first-order valence-corrected chi connectivity index (χ1v) is 8.68. The van der Waals surface area contributed by atoms with Crippen LogP contribution in [0.5, 0.6) is 0 Å². The monoisotopic (exact) mass is 337 g/mol. The first-order valence-electron chi connectivity index (χ1n) is 8.68. The lowest BCUT2D eigenvalue weighted by atomic mass is 10.1. The zero-order valence-electron chi connectivity index (χ0n) is 15.5. The molecule has 0 radical (unpaired) electrons. The number of benzene rings is 1. The number of H-pyrrole nitrogens is 1. The number of hydrogen-bond donors (Lipinski definition) is 2. The number of aromatic amines is 1. The molecule has 0 atom stereocenters. The van der Waals surface area contributed by atoms with Crippen molar-refractivity contribution in [2.75, 3.05) is 20.6 Å². The van der Waals surface area contributed by atoms with Gasteiger partial charge in [-0.25, -0.2) is 0 Å². The summed E-state index contributed by atoms with van der Waals surface area (Å²) in [6.45, 7) is 3.83. The second kappa shape index (κ2) is 7.47. The Morgan fingerprint density at radius 2 is 2.04 bits per heavy atom. The second-order valence-electron chi connectivity index (χ2n) is 6.46. The van der Waals surface area contributed by atoms with Crippen LogP contribution in [0.15, 0.2) is 47.6 Å². The largest absolute Gasteiger partial charge is 0.358 e. The minimum Gasteiger partial charge on any atom is -0.358 e. The van der Waals surface area contributed by atoms with E-state index in [1.165, 1.54) is 27.9 Å². The van der Waals surface area contributed by atoms with Crippen LogP contribution in [0.2, 0.25) is 0 Å². The van der Waals surface area contributed by atoms with Crippen LogP contribution < -0.4 is 5.32 Å². The number of rotatable bonds is 5. The molecule has 0 aliphatic rings. The molecule has 1 aromatic carbocycles. The molecule has 0 unspecified atom stereocenters. The van der Waals surface area contributed by atoms with E-state index in [1.54, 1.807) is 0 Å². The number of hydrogen-bond acceptors (Lipinski definition) is 1. The molecule has 25 heavy (non-hydrogen) atoms. The summed E-state index contributed by atoms with van der Waals surface area (Å²) in [4.78, 5) is 10.0. The van der Waals surface area contributed by atoms with Crippen LogP contribution in [-0.4, -0.2) is 41.1 Å². The fraction of sp³-hybridized carbons (Fsp3) is 0.350. The first kappa shape index (κ1) is 17.1. The van der Waals surface area contributed by atoms with Gasteiger partial charge in [-0.2, -0.15) is 0 Å². The van der Waals surface area contributed by atoms with Gasteiger partial charge in [0.2, 0.25) is 0 Å². The molecule has 5 heteroatoms. The van der Waals surface area contributed by atoms with Crippen molar-refractivity contribution < 1.29 is 0 Å². The molecule has 0 spiro atoms. The summed E-state index contributed by atoms with van der Waals surface area (Å²) >= 11 is 0. The number of aromatic nitrogens is 2. The topological polar surface area (TPSA) is 48.4 Å². The Hall–Kier alpha value is -2.69. The van der Waals surface area contributed by atoms with Gasteiger partial charge in [0, 0.05) is 56.2 Å². The Labute approximate surface area is 149 Å². The van der Waals surface area contributed by atoms with Crippen molar-refractivity contribution in [2.45, 2.75) is 19.9 Å². The number of nitrogens with one attached hydrogen (secondary N) is 2. The van der Waals surface area contributed by atoms with Gasteiger partial charge in [-0.3, -0.25) is 4.99 Å². The van der Waals surface area contributed by atoms with Gasteiger partial charge in [0.1, 0.15) is 0 Å². The van der Waals surface area contributed by atoms with E-state index in [1.807, 2.05) is 7.05 Å². The molecule has 0 amide bonds. The van der Waals surface area contributed by atoms with E-state index in [9.17, 15) is 0 Å². The number of aryl methyl sites for hydroxylation is 2. The summed E-state index contributed by atoms with van der Waals surface area (Å²) in [5.74, 6) is 0.915. The molecule has 0 aliphatic carbocycles. The summed E-state index contributed by atoms with van der Waals surface area (Å²) in [6.07, 6.45) is 3.03. The van der Waals surface area contributed by atoms with Gasteiger partial charge in [0.15, 0.2) is 5.96 Å². The van der Waals surface area contributed by atoms with Crippen LogP contribution in [-0.2, 0) is 20.0 Å². The fourth-order valence-corrected chi connectivity index (χ4v) is 3.32. The quantitative estimate of drug-likeness (QED) is 0.555. The number of aliphatic imine (C=N–C) groups is 1. The average Bonchev–Trinajstić information content (AvgIpc) is 3.14. The summed E-state index contributed by atoms with van der Waals surface area (Å²) in [5.41, 5.74) is 5.09. The van der Waals surface area contributed by atoms with E-state index in [-0.39, 0.29) is 0 Å². The van der Waals surface area contributed by atoms with Crippen LogP contribution in [0.1, 0.15) is 17.0 Å². The smallest absolute Gasteiger partial charge is 0.193 e. The molecule has 0 bridgehead atoms. The van der Waals surface area contributed by atoms with Crippen LogP contribution in [0.3, 0.4) is 0 Å². The van der Waals surface area contributed by atoms with Crippen molar-refractivity contribution >= 4 is 16.9 Å². The predicted octanol–water partition coefficient (Wildman–Crippen LogP) is 3.06. The first-order chi connectivity index (χ1) is 12.1. The summed E-state index contributed by atoms with van der Waals surface area (Å²) < 4.78 is 2.14. The minimum absolute atomic E-state index is 0.829. The molecule has 2 aromatic heterocycles. The van der Waals surface area contributed by atoms with Crippen LogP contribution in [0, 0.1) is 6.92 Å². The number of fused-ring (bicyclic) bond motifs is 1. The molecule has 0 aliphatic heterocycles. The van der Waals surface area contributed by atoms with E-state index >= 15 is 0 Å². The van der Waals surface area contributed by atoms with Crippen molar-refractivity contribution in [1.29, 1.82) is 0 Å². The molecule has 0 saturated carbocycles. The van der Waals surface area contributed by atoms with Gasteiger partial charge in [0.25, 0.3) is 0 Å². The van der Waals surface area contributed by atoms with E-state index in [4.69, 9.17) is 0 Å². The van der Waals surface area contributed by atoms with Crippen LogP contribution in [0.4, 0.5) is 0 Å². The van der Waals surface area contributed by atoms with Gasteiger partial charge in [-0.15, -0.1) is 0 Å². The maximum absolute atomic E-state index is 4.42. The molecular formula is C20H27N5. The molecule has 2 N–H and O–H groups in total. The molecule has 2 heterocycles. The Morgan fingerprint density at radius 1 is 1.24 bits per heavy atom. The molecular weight excluding hydrogens is 310 g/mol. The van der Waals surface area contributed by atoms with E-state index in [0.717, 1.165) is 25.5 Å². The van der Waals surface area contributed by atoms with Gasteiger partial charge < -0.3 is 19.8 Å². The maximum atomic E-state index is 4.42. The summed E-state index contributed by atoms with van der Waals surface area (Å²) in [6, 6.07) is 12.7. The normalized spacial score (nSPS) is 11.9. The molecule has 0 saturated heterocycles. The van der Waals surface area contributed by atoms with Gasteiger partial charge in [-0.05, 0) is 37.1 Å². The average molecular weight is 337 g/mol. The van der Waals surface area contributed by atoms with Gasteiger partial charge in [0.05, 0.1) is 6.54 Å². The predicted molar refractivity (Wildman–Crippen MR) is 105 cm³/mol. The Kier molecular flexibility index (Phi) is 5.12. The van der Waals surface area contributed by atoms with Crippen LogP contribution in [0.25, 0.3) is 10.9 Å². The van der Waals surface area contributed by atoms with Crippen molar-refractivity contribution in [3.05, 3.63) is 59.5 Å². The highest BCUT2D eigenvalue weighted by molar-refractivity contribution is 5.84. The molecule has 5 nitrogen and oxygen atoms in total. The molecule has 0 fully saturated rings. The molecule has 132 valence electrons. The van der Waals surface area contributed by atoms with Gasteiger partial charge in [-0.1, -0.05) is 18.2 Å². The lowest BCUT2D eigenvalue weighted by Crippen LogP contribution is -2.39. The number of nitrogens with zero attached hydrogens (tertiary/aromatic N) is 3. The second-order valence-corrected chi connectivity index (χ2v) is 6.46. The number of para-hydroxylation sites is 1. The van der Waals surface area contributed by atoms with Crippen molar-refractivity contribution in [3.63, 3.8) is 0 Å². The van der Waals surface area contributed by atoms with E-state index in [0.29, 0.717) is 0 Å². The molecule has 3 rings (SSSR count). The SMILES string of the molecule is CN=C(NCCc1c(C)[nH]c2ccccc12)N(C)Cc1cccn1C. The van der Waals surface area contributed by atoms with Gasteiger partial charge >= 0.3 is 0 Å². The standard InChI is InChI=1S/C20H27N5/c1-15-17(18-9-5-6-10-19(18)23-15)11-12-22-20(21-2)25(4)14-16-8-7-13-24(16)3/h5-10,13,23H,11-12,14H2,1-4H3,(H,21,22). The third kappa shape index (κ3) is 3.71. The summed E-state index contributed by atoms with van der Waals surface area (Å²) in [7, 11) is 5.97. The Balaban J connectivity index is 1.61. The molecule has 3 aromatic rings. The van der Waals surface area contributed by atoms with E-state index < -0.39 is 0 Å². The number of guanidine groups is 1. The highest BCUT2D eigenvalue weighted by Crippen LogP contribution is 2.21. The fourth-order valence-electron chi connectivity index (χ4n) is 3.32. The van der Waals surface area contributed by atoms with Crippen molar-refractivity contribution in [2.24, 2.45) is 12.0 Å². The maximum Gasteiger partial charge on any atom is 0.193 e. The zero-order valence-corrected chi connectivity index (χ0v) is 15.5. The van der Waals surface area contributed by atoms with Crippen molar-refractivity contribution in [3.8, 4) is 0 Å². The zero-order chi connectivity index (χ0) is 17.8. The Morgan fingerprint density at radius 3 is 2.76 bits per heavy atom. The van der Waals surface area contributed by atoms with E-state index in [2.05, 4.69) is 88.4 Å². The highest BCUT2D eigenvalue weighted by Gasteiger charge is 2.10. The van der Waals surface area contributed by atoms with Crippen LogP contribution >= 0.6 is 0 Å². The minimum atomic E-state index is 0.829. The summed E-state index contributed by atoms with van der Waals surface area (Å²) in [5, 5.41) is 4.80. The third-order valence-electron chi connectivity index (χ3n) is 4.71.